The van der Waals surface area contributed by atoms with Gasteiger partial charge in [0.05, 0.1) is 5.70 Å². The fraction of sp³-hybridized carbons (Fsp3) is 0.227. The van der Waals surface area contributed by atoms with E-state index in [1.54, 1.807) is 4.90 Å². The number of Topliss-reactive ketones (excluding diaryl/α,β-unsaturated/α-hetero) is 1. The minimum absolute atomic E-state index is 0.347. The second kappa shape index (κ2) is 6.83. The number of nitrogens with zero attached hydrogens (tertiary/aromatic N) is 1. The Bertz CT molecular complexity index is 933. The van der Waals surface area contributed by atoms with Gasteiger partial charge < -0.3 is 4.74 Å². The highest BCUT2D eigenvalue weighted by Gasteiger charge is 2.50. The summed E-state index contributed by atoms with van der Waals surface area (Å²) >= 11 is 0. The SMILES string of the molecule is CCC1=C(c2ccccc2)N(c2ccccc2)C(=O)[C@@H]2C(=O)CC(=O)O[C@H]12. The molecule has 2 aromatic carbocycles. The number of benzene rings is 2. The van der Waals surface area contributed by atoms with E-state index >= 15 is 0 Å². The smallest absolute Gasteiger partial charge is 0.313 e. The molecule has 0 N–H and O–H groups in total. The van der Waals surface area contributed by atoms with E-state index < -0.39 is 18.0 Å². The Labute approximate surface area is 157 Å². The Kier molecular flexibility index (Phi) is 4.36. The molecule has 27 heavy (non-hydrogen) atoms. The lowest BCUT2D eigenvalue weighted by atomic mass is 9.80. The number of rotatable bonds is 3. The van der Waals surface area contributed by atoms with E-state index in [0.717, 1.165) is 11.1 Å². The predicted molar refractivity (Wildman–Crippen MR) is 101 cm³/mol. The zero-order chi connectivity index (χ0) is 19.0. The summed E-state index contributed by atoms with van der Waals surface area (Å²) in [5.41, 5.74) is 3.02. The molecule has 5 heteroatoms. The van der Waals surface area contributed by atoms with Gasteiger partial charge in [-0.25, -0.2) is 0 Å². The van der Waals surface area contributed by atoms with E-state index in [1.165, 1.54) is 0 Å². The van der Waals surface area contributed by atoms with Crippen LogP contribution in [0.2, 0.25) is 0 Å². The van der Waals surface area contributed by atoms with Crippen LogP contribution < -0.4 is 4.90 Å². The third-order valence-electron chi connectivity index (χ3n) is 5.03. The fourth-order valence-electron chi connectivity index (χ4n) is 3.85. The van der Waals surface area contributed by atoms with E-state index in [4.69, 9.17) is 4.74 Å². The molecule has 0 bridgehead atoms. The molecule has 2 aromatic rings. The summed E-state index contributed by atoms with van der Waals surface area (Å²) in [7, 11) is 0. The van der Waals surface area contributed by atoms with Crippen molar-refractivity contribution in [3.05, 3.63) is 71.8 Å². The lowest BCUT2D eigenvalue weighted by Gasteiger charge is -2.41. The summed E-state index contributed by atoms with van der Waals surface area (Å²) in [6.45, 7) is 1.95. The van der Waals surface area contributed by atoms with Crippen LogP contribution in [0.15, 0.2) is 66.2 Å². The molecule has 0 spiro atoms. The van der Waals surface area contributed by atoms with Gasteiger partial charge in [0.2, 0.25) is 5.91 Å². The molecule has 0 saturated carbocycles. The fourth-order valence-corrected chi connectivity index (χ4v) is 3.85. The van der Waals surface area contributed by atoms with Gasteiger partial charge in [-0.15, -0.1) is 0 Å². The Balaban J connectivity index is 1.98. The molecule has 5 nitrogen and oxygen atoms in total. The summed E-state index contributed by atoms with van der Waals surface area (Å²) < 4.78 is 5.51. The average Bonchev–Trinajstić information content (AvgIpc) is 2.68. The normalized spacial score (nSPS) is 22.6. The van der Waals surface area contributed by atoms with Crippen molar-refractivity contribution in [3.63, 3.8) is 0 Å². The van der Waals surface area contributed by atoms with Crippen LogP contribution in [0.5, 0.6) is 0 Å². The van der Waals surface area contributed by atoms with Gasteiger partial charge in [-0.2, -0.15) is 0 Å². The maximum atomic E-state index is 13.4. The molecule has 0 unspecified atom stereocenters. The summed E-state index contributed by atoms with van der Waals surface area (Å²) in [5, 5.41) is 0. The number of anilines is 1. The van der Waals surface area contributed by atoms with E-state index in [1.807, 2.05) is 67.6 Å². The van der Waals surface area contributed by atoms with Gasteiger partial charge in [0.15, 0.2) is 5.78 Å². The minimum atomic E-state index is -0.981. The third kappa shape index (κ3) is 2.85. The van der Waals surface area contributed by atoms with Crippen LogP contribution in [-0.4, -0.2) is 23.8 Å². The maximum Gasteiger partial charge on any atom is 0.313 e. The molecule has 1 amide bonds. The van der Waals surface area contributed by atoms with Crippen LogP contribution in [-0.2, 0) is 19.1 Å². The van der Waals surface area contributed by atoms with E-state index in [2.05, 4.69) is 0 Å². The lowest BCUT2D eigenvalue weighted by molar-refractivity contribution is -0.162. The van der Waals surface area contributed by atoms with Crippen molar-refractivity contribution < 1.29 is 19.1 Å². The highest BCUT2D eigenvalue weighted by molar-refractivity contribution is 6.20. The number of esters is 1. The molecule has 1 fully saturated rings. The molecule has 136 valence electrons. The molecule has 0 aromatic heterocycles. The summed E-state index contributed by atoms with van der Waals surface area (Å²) in [4.78, 5) is 39.5. The molecule has 0 aliphatic carbocycles. The quantitative estimate of drug-likeness (QED) is 0.621. The lowest BCUT2D eigenvalue weighted by Crippen LogP contribution is -2.54. The van der Waals surface area contributed by atoms with E-state index in [-0.39, 0.29) is 18.1 Å². The maximum absolute atomic E-state index is 13.4. The number of carbonyl (C=O) groups excluding carboxylic acids is 3. The predicted octanol–water partition coefficient (Wildman–Crippen LogP) is 3.36. The standard InChI is InChI=1S/C22H19NO4/c1-2-16-20(14-9-5-3-6-10-14)23(15-11-7-4-8-12-15)22(26)19-17(24)13-18(25)27-21(16)19/h3-12,19,21H,2,13H2,1H3/t19-,21-/m1/s1. The molecule has 4 rings (SSSR count). The average molecular weight is 361 g/mol. The molecule has 1 saturated heterocycles. The van der Waals surface area contributed by atoms with Crippen molar-refractivity contribution in [1.29, 1.82) is 0 Å². The Morgan fingerprint density at radius 2 is 1.59 bits per heavy atom. The number of fused-ring (bicyclic) bond motifs is 1. The number of ether oxygens (including phenoxy) is 1. The van der Waals surface area contributed by atoms with Crippen molar-refractivity contribution in [1.82, 2.24) is 0 Å². The first-order chi connectivity index (χ1) is 13.1. The molecule has 0 radical (unpaired) electrons. The second-order valence-electron chi connectivity index (χ2n) is 6.63. The Morgan fingerprint density at radius 3 is 2.22 bits per heavy atom. The molecule has 2 atom stereocenters. The zero-order valence-electron chi connectivity index (χ0n) is 14.9. The van der Waals surface area contributed by atoms with Gasteiger partial charge in [0, 0.05) is 5.69 Å². The topological polar surface area (TPSA) is 63.7 Å². The van der Waals surface area contributed by atoms with Gasteiger partial charge in [0.25, 0.3) is 0 Å². The number of hydrogen-bond acceptors (Lipinski definition) is 4. The van der Waals surface area contributed by atoms with Crippen molar-refractivity contribution >= 4 is 29.0 Å². The highest BCUT2D eigenvalue weighted by Crippen LogP contribution is 2.42. The van der Waals surface area contributed by atoms with Crippen molar-refractivity contribution in [2.24, 2.45) is 5.92 Å². The highest BCUT2D eigenvalue weighted by atomic mass is 16.5. The monoisotopic (exact) mass is 361 g/mol. The number of ketones is 1. The van der Waals surface area contributed by atoms with Gasteiger partial charge >= 0.3 is 5.97 Å². The number of amides is 1. The van der Waals surface area contributed by atoms with Gasteiger partial charge in [-0.3, -0.25) is 19.3 Å². The minimum Gasteiger partial charge on any atom is -0.456 e. The summed E-state index contributed by atoms with van der Waals surface area (Å²) in [6.07, 6.45) is -0.623. The zero-order valence-corrected chi connectivity index (χ0v) is 14.9. The Morgan fingerprint density at radius 1 is 0.963 bits per heavy atom. The van der Waals surface area contributed by atoms with Crippen LogP contribution in [0.4, 0.5) is 5.69 Å². The Hall–Kier alpha value is -3.21. The van der Waals surface area contributed by atoms with Crippen molar-refractivity contribution in [2.45, 2.75) is 25.9 Å². The second-order valence-corrected chi connectivity index (χ2v) is 6.63. The van der Waals surface area contributed by atoms with Crippen LogP contribution >= 0.6 is 0 Å². The van der Waals surface area contributed by atoms with Crippen LogP contribution in [0, 0.1) is 5.92 Å². The number of hydrogen-bond donors (Lipinski definition) is 0. The van der Waals surface area contributed by atoms with Crippen LogP contribution in [0.3, 0.4) is 0 Å². The summed E-state index contributed by atoms with van der Waals surface area (Å²) in [5.74, 6) is -2.27. The van der Waals surface area contributed by atoms with E-state index in [0.29, 0.717) is 17.8 Å². The first kappa shape index (κ1) is 17.2. The molecule has 2 aliphatic rings. The number of para-hydroxylation sites is 1. The number of carbonyl (C=O) groups is 3. The molecular formula is C22H19NO4. The van der Waals surface area contributed by atoms with E-state index in [9.17, 15) is 14.4 Å². The van der Waals surface area contributed by atoms with Gasteiger partial charge in [-0.05, 0) is 29.7 Å². The largest absolute Gasteiger partial charge is 0.456 e. The van der Waals surface area contributed by atoms with Crippen LogP contribution in [0.25, 0.3) is 5.70 Å². The summed E-state index contributed by atoms with van der Waals surface area (Å²) in [6, 6.07) is 18.8. The van der Waals surface area contributed by atoms with Gasteiger partial charge in [0.1, 0.15) is 18.4 Å². The first-order valence-corrected chi connectivity index (χ1v) is 9.01. The first-order valence-electron chi connectivity index (χ1n) is 9.01. The molecular weight excluding hydrogens is 342 g/mol. The van der Waals surface area contributed by atoms with Gasteiger partial charge in [-0.1, -0.05) is 55.5 Å². The van der Waals surface area contributed by atoms with Crippen molar-refractivity contribution in [3.8, 4) is 0 Å². The third-order valence-corrected chi connectivity index (χ3v) is 5.03. The van der Waals surface area contributed by atoms with Crippen LogP contribution in [0.1, 0.15) is 25.3 Å². The van der Waals surface area contributed by atoms with Crippen molar-refractivity contribution in [2.75, 3.05) is 4.90 Å². The molecule has 2 aliphatic heterocycles. The molecule has 2 heterocycles.